The summed E-state index contributed by atoms with van der Waals surface area (Å²) in [5.74, 6) is 0.595. The van der Waals surface area contributed by atoms with Gasteiger partial charge in [0, 0.05) is 28.7 Å². The van der Waals surface area contributed by atoms with Crippen molar-refractivity contribution in [3.8, 4) is 0 Å². The SMILES string of the molecule is NCCCN(C(=S)c1ccccc1C1CCCCC1)c1ccnc2cc(Cl)ccc12. The summed E-state index contributed by atoms with van der Waals surface area (Å²) in [7, 11) is 0. The molecule has 4 rings (SSSR count). The largest absolute Gasteiger partial charge is 0.331 e. The van der Waals surface area contributed by atoms with E-state index in [1.165, 1.54) is 43.2 Å². The molecule has 1 fully saturated rings. The van der Waals surface area contributed by atoms with Gasteiger partial charge in [-0.2, -0.15) is 0 Å². The van der Waals surface area contributed by atoms with Crippen LogP contribution in [0.25, 0.3) is 10.9 Å². The van der Waals surface area contributed by atoms with E-state index in [1.807, 2.05) is 30.5 Å². The first kappa shape index (κ1) is 21.2. The molecule has 0 aliphatic heterocycles. The van der Waals surface area contributed by atoms with Crippen LogP contribution in [-0.2, 0) is 0 Å². The van der Waals surface area contributed by atoms with Crippen LogP contribution < -0.4 is 10.6 Å². The minimum atomic E-state index is 0.595. The van der Waals surface area contributed by atoms with Crippen molar-refractivity contribution < 1.29 is 0 Å². The molecule has 0 amide bonds. The molecule has 0 unspecified atom stereocenters. The van der Waals surface area contributed by atoms with Gasteiger partial charge in [0.25, 0.3) is 0 Å². The van der Waals surface area contributed by atoms with E-state index in [4.69, 9.17) is 29.6 Å². The highest BCUT2D eigenvalue weighted by Crippen LogP contribution is 2.36. The number of fused-ring (bicyclic) bond motifs is 1. The number of nitrogens with two attached hydrogens (primary N) is 1. The zero-order valence-electron chi connectivity index (χ0n) is 17.2. The molecule has 1 aromatic heterocycles. The van der Waals surface area contributed by atoms with Crippen molar-refractivity contribution in [1.82, 2.24) is 4.98 Å². The summed E-state index contributed by atoms with van der Waals surface area (Å²) in [4.78, 5) is 7.61. The molecule has 0 saturated heterocycles. The van der Waals surface area contributed by atoms with Crippen LogP contribution in [0.15, 0.2) is 54.7 Å². The number of hydrogen-bond acceptors (Lipinski definition) is 3. The molecule has 1 saturated carbocycles. The Bertz CT molecular complexity index is 1030. The molecule has 0 radical (unpaired) electrons. The van der Waals surface area contributed by atoms with E-state index in [0.717, 1.165) is 34.5 Å². The smallest absolute Gasteiger partial charge is 0.113 e. The van der Waals surface area contributed by atoms with Crippen molar-refractivity contribution in [3.05, 3.63) is 70.9 Å². The predicted octanol–water partition coefficient (Wildman–Crippen LogP) is 6.47. The fourth-order valence-corrected chi connectivity index (χ4v) is 5.07. The second-order valence-electron chi connectivity index (χ2n) is 8.01. The molecule has 1 heterocycles. The molecule has 0 spiro atoms. The van der Waals surface area contributed by atoms with Crippen LogP contribution >= 0.6 is 23.8 Å². The number of benzene rings is 2. The van der Waals surface area contributed by atoms with Crippen molar-refractivity contribution in [3.63, 3.8) is 0 Å². The van der Waals surface area contributed by atoms with Gasteiger partial charge in [0.05, 0.1) is 11.2 Å². The second kappa shape index (κ2) is 9.86. The van der Waals surface area contributed by atoms with Gasteiger partial charge < -0.3 is 10.6 Å². The lowest BCUT2D eigenvalue weighted by atomic mass is 9.82. The van der Waals surface area contributed by atoms with Crippen LogP contribution in [0.2, 0.25) is 5.02 Å². The molecule has 2 N–H and O–H groups in total. The summed E-state index contributed by atoms with van der Waals surface area (Å²) < 4.78 is 0. The van der Waals surface area contributed by atoms with Crippen molar-refractivity contribution in [2.45, 2.75) is 44.4 Å². The minimum Gasteiger partial charge on any atom is -0.331 e. The highest BCUT2D eigenvalue weighted by molar-refractivity contribution is 7.81. The van der Waals surface area contributed by atoms with E-state index in [-0.39, 0.29) is 0 Å². The number of hydrogen-bond donors (Lipinski definition) is 1. The number of halogens is 1. The van der Waals surface area contributed by atoms with E-state index in [2.05, 4.69) is 34.1 Å². The Morgan fingerprint density at radius 1 is 1.10 bits per heavy atom. The molecule has 0 atom stereocenters. The first-order valence-corrected chi connectivity index (χ1v) is 11.6. The lowest BCUT2D eigenvalue weighted by molar-refractivity contribution is 0.443. The Balaban J connectivity index is 1.76. The Kier molecular flexibility index (Phi) is 6.98. The number of anilines is 1. The average molecular weight is 438 g/mol. The van der Waals surface area contributed by atoms with E-state index in [9.17, 15) is 0 Å². The molecule has 3 nitrogen and oxygen atoms in total. The standard InChI is InChI=1S/C25H28ClN3S/c26-19-11-12-22-23(17-19)28-15-13-24(22)29(16-6-14-27)25(30)21-10-5-4-9-20(21)18-7-2-1-3-8-18/h4-5,9-13,15,17-18H,1-3,6-8,14,16,27H2. The molecule has 156 valence electrons. The molecule has 1 aliphatic carbocycles. The summed E-state index contributed by atoms with van der Waals surface area (Å²) >= 11 is 12.3. The predicted molar refractivity (Wildman–Crippen MR) is 132 cm³/mol. The van der Waals surface area contributed by atoms with E-state index in [1.54, 1.807) is 0 Å². The molecule has 5 heteroatoms. The van der Waals surface area contributed by atoms with Gasteiger partial charge in [-0.1, -0.05) is 67.3 Å². The lowest BCUT2D eigenvalue weighted by Gasteiger charge is -2.30. The van der Waals surface area contributed by atoms with Crippen LogP contribution in [-0.4, -0.2) is 23.1 Å². The minimum absolute atomic E-state index is 0.595. The van der Waals surface area contributed by atoms with Gasteiger partial charge in [0.2, 0.25) is 0 Å². The third kappa shape index (κ3) is 4.51. The molecule has 1 aliphatic rings. The third-order valence-corrected chi connectivity index (χ3v) is 6.72. The molecular weight excluding hydrogens is 410 g/mol. The Labute approximate surface area is 189 Å². The van der Waals surface area contributed by atoms with Crippen molar-refractivity contribution in [2.24, 2.45) is 5.73 Å². The van der Waals surface area contributed by atoms with Gasteiger partial charge in [-0.15, -0.1) is 0 Å². The maximum atomic E-state index is 6.20. The van der Waals surface area contributed by atoms with Gasteiger partial charge in [-0.25, -0.2) is 0 Å². The van der Waals surface area contributed by atoms with Crippen LogP contribution in [0.4, 0.5) is 5.69 Å². The monoisotopic (exact) mass is 437 g/mol. The van der Waals surface area contributed by atoms with Crippen LogP contribution in [0.5, 0.6) is 0 Å². The van der Waals surface area contributed by atoms with E-state index in [0.29, 0.717) is 17.5 Å². The Morgan fingerprint density at radius 3 is 2.70 bits per heavy atom. The highest BCUT2D eigenvalue weighted by Gasteiger charge is 2.23. The van der Waals surface area contributed by atoms with Gasteiger partial charge in [-0.3, -0.25) is 4.98 Å². The van der Waals surface area contributed by atoms with Crippen LogP contribution in [0, 0.1) is 0 Å². The van der Waals surface area contributed by atoms with Gasteiger partial charge in [0.15, 0.2) is 0 Å². The van der Waals surface area contributed by atoms with Crippen molar-refractivity contribution in [2.75, 3.05) is 18.0 Å². The fourth-order valence-electron chi connectivity index (χ4n) is 4.53. The maximum Gasteiger partial charge on any atom is 0.113 e. The second-order valence-corrected chi connectivity index (χ2v) is 8.84. The summed E-state index contributed by atoms with van der Waals surface area (Å²) in [5, 5.41) is 1.74. The maximum absolute atomic E-state index is 6.20. The number of thiocarbonyl (C=S) groups is 1. The first-order valence-electron chi connectivity index (χ1n) is 10.8. The highest BCUT2D eigenvalue weighted by atomic mass is 35.5. The van der Waals surface area contributed by atoms with Crippen LogP contribution in [0.1, 0.15) is 55.6 Å². The average Bonchev–Trinajstić information content (AvgIpc) is 2.79. The summed E-state index contributed by atoms with van der Waals surface area (Å²) in [6, 6.07) is 16.6. The number of aromatic nitrogens is 1. The normalized spacial score (nSPS) is 14.7. The van der Waals surface area contributed by atoms with Gasteiger partial charge in [-0.05, 0) is 61.6 Å². The Morgan fingerprint density at radius 2 is 1.90 bits per heavy atom. The first-order chi connectivity index (χ1) is 14.7. The quantitative estimate of drug-likeness (QED) is 0.449. The molecule has 30 heavy (non-hydrogen) atoms. The van der Waals surface area contributed by atoms with Crippen molar-refractivity contribution in [1.29, 1.82) is 0 Å². The molecule has 3 aromatic rings. The van der Waals surface area contributed by atoms with Crippen LogP contribution in [0.3, 0.4) is 0 Å². The lowest BCUT2D eigenvalue weighted by Crippen LogP contribution is -2.33. The zero-order valence-corrected chi connectivity index (χ0v) is 18.8. The topological polar surface area (TPSA) is 42.1 Å². The summed E-state index contributed by atoms with van der Waals surface area (Å²) in [6.07, 6.45) is 9.15. The Hall–Kier alpha value is -2.01. The summed E-state index contributed by atoms with van der Waals surface area (Å²) in [6.45, 7) is 1.40. The van der Waals surface area contributed by atoms with E-state index < -0.39 is 0 Å². The van der Waals surface area contributed by atoms with Crippen molar-refractivity contribution >= 4 is 45.4 Å². The number of nitrogens with zero attached hydrogens (tertiary/aromatic N) is 2. The molecular formula is C25H28ClN3S. The third-order valence-electron chi connectivity index (χ3n) is 6.04. The van der Waals surface area contributed by atoms with Gasteiger partial charge >= 0.3 is 0 Å². The summed E-state index contributed by atoms with van der Waals surface area (Å²) in [5.41, 5.74) is 10.4. The molecule has 0 bridgehead atoms. The number of pyridine rings is 1. The van der Waals surface area contributed by atoms with E-state index >= 15 is 0 Å². The van der Waals surface area contributed by atoms with Gasteiger partial charge in [0.1, 0.15) is 4.99 Å². The molecule has 2 aromatic carbocycles. The fraction of sp³-hybridized carbons (Fsp3) is 0.360. The number of rotatable bonds is 6. The zero-order chi connectivity index (χ0) is 20.9.